The maximum absolute atomic E-state index is 12.1. The minimum Gasteiger partial charge on any atom is -0.452 e. The summed E-state index contributed by atoms with van der Waals surface area (Å²) in [7, 11) is 0. The van der Waals surface area contributed by atoms with Crippen LogP contribution in [0.15, 0.2) is 24.3 Å². The highest BCUT2D eigenvalue weighted by Gasteiger charge is 2.42. The van der Waals surface area contributed by atoms with Crippen molar-refractivity contribution >= 4 is 11.9 Å². The molecule has 204 valence electrons. The Labute approximate surface area is 215 Å². The molecule has 35 heavy (non-hydrogen) atoms. The van der Waals surface area contributed by atoms with E-state index in [-0.39, 0.29) is 17.6 Å². The molecule has 0 radical (unpaired) electrons. The van der Waals surface area contributed by atoms with E-state index in [1.54, 1.807) is 13.8 Å². The number of hydrogen-bond donors (Lipinski definition) is 1. The van der Waals surface area contributed by atoms with Crippen molar-refractivity contribution in [1.82, 2.24) is 0 Å². The van der Waals surface area contributed by atoms with Crippen LogP contribution in [0.3, 0.4) is 0 Å². The lowest BCUT2D eigenvalue weighted by Crippen LogP contribution is -2.48. The monoisotopic (exact) mass is 494 g/mol. The maximum atomic E-state index is 12.1. The van der Waals surface area contributed by atoms with Crippen molar-refractivity contribution in [2.24, 2.45) is 0 Å². The smallest absolute Gasteiger partial charge is 0.335 e. The largest absolute Gasteiger partial charge is 0.452 e. The summed E-state index contributed by atoms with van der Waals surface area (Å²) >= 11 is 0. The Bertz CT molecular complexity index is 612. The Kier molecular flexibility index (Phi) is 19.6. The van der Waals surface area contributed by atoms with Gasteiger partial charge >= 0.3 is 11.9 Å². The quantitative estimate of drug-likeness (QED) is 0.0668. The molecule has 5 heteroatoms. The van der Waals surface area contributed by atoms with Gasteiger partial charge in [-0.05, 0) is 26.7 Å². The van der Waals surface area contributed by atoms with Crippen LogP contribution in [-0.4, -0.2) is 28.9 Å². The van der Waals surface area contributed by atoms with Crippen molar-refractivity contribution < 1.29 is 24.2 Å². The normalized spacial score (nSPS) is 13.6. The van der Waals surface area contributed by atoms with Gasteiger partial charge in [-0.25, -0.2) is 9.59 Å². The Morgan fingerprint density at radius 1 is 0.686 bits per heavy atom. The lowest BCUT2D eigenvalue weighted by atomic mass is 9.98. The van der Waals surface area contributed by atoms with Gasteiger partial charge in [0.05, 0.1) is 0 Å². The third-order valence-electron chi connectivity index (χ3n) is 6.48. The Morgan fingerprint density at radius 3 is 1.40 bits per heavy atom. The molecule has 0 spiro atoms. The van der Waals surface area contributed by atoms with Gasteiger partial charge in [0.1, 0.15) is 0 Å². The lowest BCUT2D eigenvalue weighted by molar-refractivity contribution is -0.254. The van der Waals surface area contributed by atoms with E-state index < -0.39 is 23.8 Å². The summed E-state index contributed by atoms with van der Waals surface area (Å²) in [6, 6.07) is 0. The molecule has 0 rings (SSSR count). The molecule has 0 bridgehead atoms. The van der Waals surface area contributed by atoms with Gasteiger partial charge in [0.2, 0.25) is 5.79 Å². The van der Waals surface area contributed by atoms with Crippen LogP contribution in [0, 0.1) is 0 Å². The van der Waals surface area contributed by atoms with E-state index >= 15 is 0 Å². The molecule has 0 heterocycles. The van der Waals surface area contributed by atoms with Crippen molar-refractivity contribution in [3.63, 3.8) is 0 Å². The number of esters is 2. The van der Waals surface area contributed by atoms with E-state index in [1.807, 2.05) is 0 Å². The van der Waals surface area contributed by atoms with Crippen LogP contribution >= 0.6 is 0 Å². The highest BCUT2D eigenvalue weighted by atomic mass is 16.7. The summed E-state index contributed by atoms with van der Waals surface area (Å²) in [4.78, 5) is 24.1. The van der Waals surface area contributed by atoms with Crippen molar-refractivity contribution in [1.29, 1.82) is 0 Å². The van der Waals surface area contributed by atoms with E-state index in [0.717, 1.165) is 12.8 Å². The van der Waals surface area contributed by atoms with E-state index in [4.69, 9.17) is 9.47 Å². The van der Waals surface area contributed by atoms with Crippen LogP contribution in [0.4, 0.5) is 0 Å². The van der Waals surface area contributed by atoms with Gasteiger partial charge in [-0.15, -0.1) is 0 Å². The van der Waals surface area contributed by atoms with Crippen LogP contribution in [0.25, 0.3) is 0 Å². The predicted octanol–water partition coefficient (Wildman–Crippen LogP) is 8.34. The molecule has 0 fully saturated rings. The van der Waals surface area contributed by atoms with E-state index in [1.165, 1.54) is 90.4 Å². The summed E-state index contributed by atoms with van der Waals surface area (Å²) in [5.41, 5.74) is 0.427. The molecule has 0 aromatic carbocycles. The van der Waals surface area contributed by atoms with Crippen LogP contribution in [0.1, 0.15) is 143 Å². The van der Waals surface area contributed by atoms with Crippen molar-refractivity contribution in [2.45, 2.75) is 155 Å². The fourth-order valence-corrected chi connectivity index (χ4v) is 4.18. The third kappa shape index (κ3) is 16.6. The number of unbranched alkanes of at least 4 members (excludes halogenated alkanes) is 15. The topological polar surface area (TPSA) is 72.8 Å². The predicted molar refractivity (Wildman–Crippen MR) is 145 cm³/mol. The van der Waals surface area contributed by atoms with Gasteiger partial charge in [-0.2, -0.15) is 0 Å². The second kappa shape index (κ2) is 20.6. The first kappa shape index (κ1) is 33.4. The minimum atomic E-state index is -1.87. The summed E-state index contributed by atoms with van der Waals surface area (Å²) in [6.45, 7) is 14.3. The fraction of sp³-hybridized carbons (Fsp3) is 0.800. The minimum absolute atomic E-state index is 0.191. The van der Waals surface area contributed by atoms with E-state index in [2.05, 4.69) is 20.1 Å². The molecule has 0 aliphatic rings. The molecular weight excluding hydrogens is 440 g/mol. The number of ether oxygens (including phenoxy) is 2. The zero-order valence-electron chi connectivity index (χ0n) is 23.3. The molecule has 0 aromatic rings. The number of aliphatic hydroxyl groups is 1. The molecule has 0 aliphatic carbocycles. The van der Waals surface area contributed by atoms with Crippen molar-refractivity contribution in [2.75, 3.05) is 0 Å². The molecule has 0 aliphatic heterocycles. The zero-order chi connectivity index (χ0) is 26.5. The van der Waals surface area contributed by atoms with E-state index in [0.29, 0.717) is 12.8 Å². The van der Waals surface area contributed by atoms with Crippen molar-refractivity contribution in [3.05, 3.63) is 24.3 Å². The number of hydrogen-bond acceptors (Lipinski definition) is 5. The van der Waals surface area contributed by atoms with Crippen molar-refractivity contribution in [3.8, 4) is 0 Å². The summed E-state index contributed by atoms with van der Waals surface area (Å²) in [5.74, 6) is -3.16. The third-order valence-corrected chi connectivity index (χ3v) is 6.48. The van der Waals surface area contributed by atoms with Gasteiger partial charge in [0.15, 0.2) is 6.10 Å². The molecule has 2 atom stereocenters. The number of rotatable bonds is 23. The van der Waals surface area contributed by atoms with Crippen LogP contribution in [-0.2, 0) is 19.1 Å². The van der Waals surface area contributed by atoms with Crippen LogP contribution in [0.5, 0.6) is 0 Å². The molecule has 0 saturated heterocycles. The fourth-order valence-electron chi connectivity index (χ4n) is 4.18. The number of carbonyl (C=O) groups excluding carboxylic acids is 2. The second-order valence-corrected chi connectivity index (χ2v) is 10.2. The first-order valence-electron chi connectivity index (χ1n) is 14.2. The SMILES string of the molecule is C=C(C)C(=O)OC(CC)C(O)(CCCCCCCCCCCCCCCCCC)OC(=O)C(=C)C. The Hall–Kier alpha value is -1.62. The molecule has 1 N–H and O–H groups in total. The van der Waals surface area contributed by atoms with E-state index in [9.17, 15) is 14.7 Å². The average Bonchev–Trinajstić information content (AvgIpc) is 2.81. The van der Waals surface area contributed by atoms with Gasteiger partial charge < -0.3 is 14.6 Å². The van der Waals surface area contributed by atoms with Gasteiger partial charge in [-0.3, -0.25) is 0 Å². The first-order valence-corrected chi connectivity index (χ1v) is 14.2. The Morgan fingerprint density at radius 2 is 1.06 bits per heavy atom. The highest BCUT2D eigenvalue weighted by molar-refractivity contribution is 5.88. The molecule has 0 saturated carbocycles. The molecule has 0 amide bonds. The second-order valence-electron chi connectivity index (χ2n) is 10.2. The van der Waals surface area contributed by atoms with Gasteiger partial charge in [0, 0.05) is 17.6 Å². The maximum Gasteiger partial charge on any atom is 0.335 e. The Balaban J connectivity index is 4.17. The zero-order valence-corrected chi connectivity index (χ0v) is 23.3. The van der Waals surface area contributed by atoms with Gasteiger partial charge in [-0.1, -0.05) is 123 Å². The highest BCUT2D eigenvalue weighted by Crippen LogP contribution is 2.28. The first-order chi connectivity index (χ1) is 16.7. The van der Waals surface area contributed by atoms with Gasteiger partial charge in [0.25, 0.3) is 0 Å². The van der Waals surface area contributed by atoms with Crippen LogP contribution in [0.2, 0.25) is 0 Å². The molecule has 5 nitrogen and oxygen atoms in total. The average molecular weight is 495 g/mol. The molecule has 0 aromatic heterocycles. The standard InChI is InChI=1S/C30H54O5/c1-7-9-10-11-12-13-14-15-16-17-18-19-20-21-22-23-24-30(33,35-29(32)26(5)6)27(8-2)34-28(31)25(3)4/h27,33H,3,5,7-24H2,1-2,4,6H3. The summed E-state index contributed by atoms with van der Waals surface area (Å²) in [5, 5.41) is 11.1. The molecule has 2 unspecified atom stereocenters. The summed E-state index contributed by atoms with van der Waals surface area (Å²) in [6.07, 6.45) is 19.7. The van der Waals surface area contributed by atoms with Crippen LogP contribution < -0.4 is 0 Å². The molecular formula is C30H54O5. The number of carbonyl (C=O) groups is 2. The lowest BCUT2D eigenvalue weighted by Gasteiger charge is -2.34. The summed E-state index contributed by atoms with van der Waals surface area (Å²) < 4.78 is 10.8.